The molecule has 0 aliphatic carbocycles. The monoisotopic (exact) mass is 404 g/mol. The molecule has 4 rings (SSSR count). The fraction of sp³-hybridized carbons (Fsp3) is 0.286. The second-order valence-electron chi connectivity index (χ2n) is 7.12. The number of nitrogens with zero attached hydrogens (tertiary/aromatic N) is 5. The van der Waals surface area contributed by atoms with Crippen LogP contribution in [0.2, 0.25) is 0 Å². The lowest BCUT2D eigenvalue weighted by molar-refractivity contribution is 0.0535. The summed E-state index contributed by atoms with van der Waals surface area (Å²) in [6.07, 6.45) is 2.39. The number of hydrogen-bond donors (Lipinski definition) is 2. The van der Waals surface area contributed by atoms with Crippen LogP contribution in [0.5, 0.6) is 0 Å². The molecule has 1 aliphatic heterocycles. The number of aliphatic hydroxyl groups excluding tert-OH is 1. The van der Waals surface area contributed by atoms with Crippen LogP contribution in [-0.2, 0) is 17.9 Å². The Morgan fingerprint density at radius 3 is 2.97 bits per heavy atom. The number of cyclic esters (lactones) is 1. The Morgan fingerprint density at radius 1 is 1.37 bits per heavy atom. The van der Waals surface area contributed by atoms with Gasteiger partial charge in [-0.05, 0) is 42.7 Å². The number of esters is 1. The van der Waals surface area contributed by atoms with Gasteiger partial charge >= 0.3 is 5.97 Å². The number of pyridine rings is 1. The molecule has 30 heavy (non-hydrogen) atoms. The molecule has 0 fully saturated rings. The van der Waals surface area contributed by atoms with Crippen LogP contribution >= 0.6 is 0 Å². The van der Waals surface area contributed by atoms with E-state index >= 15 is 0 Å². The molecule has 0 spiro atoms. The normalized spacial score (nSPS) is 13.6. The van der Waals surface area contributed by atoms with Gasteiger partial charge in [0.25, 0.3) is 0 Å². The van der Waals surface area contributed by atoms with E-state index in [9.17, 15) is 9.90 Å². The van der Waals surface area contributed by atoms with Crippen molar-refractivity contribution in [2.45, 2.75) is 33.1 Å². The summed E-state index contributed by atoms with van der Waals surface area (Å²) in [7, 11) is 0. The van der Waals surface area contributed by atoms with Crippen LogP contribution in [0.1, 0.15) is 50.0 Å². The van der Waals surface area contributed by atoms with Gasteiger partial charge in [0.2, 0.25) is 0 Å². The molecule has 2 aromatic heterocycles. The second-order valence-corrected chi connectivity index (χ2v) is 7.12. The third-order valence-corrected chi connectivity index (χ3v) is 5.17. The van der Waals surface area contributed by atoms with Crippen molar-refractivity contribution < 1.29 is 14.6 Å². The molecule has 2 N–H and O–H groups in total. The first-order chi connectivity index (χ1) is 14.5. The summed E-state index contributed by atoms with van der Waals surface area (Å²) in [4.78, 5) is 17.3. The van der Waals surface area contributed by atoms with Crippen molar-refractivity contribution in [2.24, 2.45) is 0 Å². The van der Waals surface area contributed by atoms with Crippen LogP contribution in [0.25, 0.3) is 5.82 Å². The molecule has 9 nitrogen and oxygen atoms in total. The van der Waals surface area contributed by atoms with E-state index < -0.39 is 6.10 Å². The number of aromatic nitrogens is 4. The van der Waals surface area contributed by atoms with Crippen LogP contribution in [0.3, 0.4) is 0 Å². The quantitative estimate of drug-likeness (QED) is 0.594. The van der Waals surface area contributed by atoms with Crippen molar-refractivity contribution in [3.8, 4) is 11.9 Å². The molecule has 0 saturated heterocycles. The molecule has 152 valence electrons. The van der Waals surface area contributed by atoms with Crippen LogP contribution in [0.4, 0.5) is 0 Å². The SMILES string of the molecule is Cc1cc(-n2ncc(CNC[C@H](O)c3ccc4c(c3C)COC4=O)n2)ncc1C#N. The molecular weight excluding hydrogens is 384 g/mol. The number of nitrogens with one attached hydrogen (secondary N) is 1. The minimum absolute atomic E-state index is 0.250. The van der Waals surface area contributed by atoms with Crippen molar-refractivity contribution in [1.29, 1.82) is 5.26 Å². The predicted octanol–water partition coefficient (Wildman–Crippen LogP) is 1.64. The molecule has 1 aliphatic rings. The average Bonchev–Trinajstić information content (AvgIpc) is 3.36. The van der Waals surface area contributed by atoms with E-state index in [-0.39, 0.29) is 12.6 Å². The first-order valence-electron chi connectivity index (χ1n) is 9.44. The Balaban J connectivity index is 1.38. The molecule has 0 bridgehead atoms. The first kappa shape index (κ1) is 19.7. The zero-order chi connectivity index (χ0) is 21.3. The number of nitriles is 1. The van der Waals surface area contributed by atoms with Crippen molar-refractivity contribution in [1.82, 2.24) is 25.3 Å². The van der Waals surface area contributed by atoms with Gasteiger partial charge in [-0.2, -0.15) is 15.5 Å². The highest BCUT2D eigenvalue weighted by Gasteiger charge is 2.25. The summed E-state index contributed by atoms with van der Waals surface area (Å²) in [6.45, 7) is 4.70. The Labute approximate surface area is 172 Å². The highest BCUT2D eigenvalue weighted by molar-refractivity contribution is 5.93. The molecule has 1 atom stereocenters. The van der Waals surface area contributed by atoms with E-state index in [0.717, 1.165) is 22.3 Å². The topological polar surface area (TPSA) is 126 Å². The number of ether oxygens (including phenoxy) is 1. The number of fused-ring (bicyclic) bond motifs is 1. The van der Waals surface area contributed by atoms with Gasteiger partial charge in [-0.15, -0.1) is 4.80 Å². The maximum atomic E-state index is 11.7. The number of rotatable bonds is 6. The third-order valence-electron chi connectivity index (χ3n) is 5.17. The predicted molar refractivity (Wildman–Crippen MR) is 106 cm³/mol. The van der Waals surface area contributed by atoms with Crippen LogP contribution in [0.15, 0.2) is 30.6 Å². The molecule has 3 heterocycles. The smallest absolute Gasteiger partial charge is 0.338 e. The zero-order valence-electron chi connectivity index (χ0n) is 16.6. The van der Waals surface area contributed by atoms with E-state index in [2.05, 4.69) is 26.6 Å². The minimum Gasteiger partial charge on any atom is -0.457 e. The summed E-state index contributed by atoms with van der Waals surface area (Å²) in [5, 5.41) is 31.3. The Kier molecular flexibility index (Phi) is 5.27. The zero-order valence-corrected chi connectivity index (χ0v) is 16.6. The summed E-state index contributed by atoms with van der Waals surface area (Å²) in [5.74, 6) is 0.214. The van der Waals surface area contributed by atoms with Crippen LogP contribution in [-0.4, -0.2) is 37.6 Å². The fourth-order valence-electron chi connectivity index (χ4n) is 3.43. The molecular formula is C21H20N6O3. The Hall–Kier alpha value is -3.61. The standard InChI is InChI=1S/C21H20N6O3/c1-12-5-20(24-7-14(12)6-22)27-25-9-15(26-27)8-23-10-19(28)16-3-4-17-18(13(16)2)11-30-21(17)29/h3-5,7,9,19,23,28H,8,10-11H2,1-2H3/t19-/m0/s1. The Bertz CT molecular complexity index is 1160. The lowest BCUT2D eigenvalue weighted by atomic mass is 9.95. The number of carbonyl (C=O) groups is 1. The molecule has 3 aromatic rings. The van der Waals surface area contributed by atoms with Gasteiger partial charge < -0.3 is 15.2 Å². The summed E-state index contributed by atoms with van der Waals surface area (Å²) < 4.78 is 5.06. The van der Waals surface area contributed by atoms with Gasteiger partial charge in [-0.1, -0.05) is 6.07 Å². The van der Waals surface area contributed by atoms with Crippen molar-refractivity contribution >= 4 is 5.97 Å². The van der Waals surface area contributed by atoms with Crippen molar-refractivity contribution in [3.05, 3.63) is 69.7 Å². The van der Waals surface area contributed by atoms with Gasteiger partial charge in [0.1, 0.15) is 12.7 Å². The fourth-order valence-corrected chi connectivity index (χ4v) is 3.43. The van der Waals surface area contributed by atoms with Gasteiger partial charge in [0.05, 0.1) is 29.1 Å². The number of hydrogen-bond acceptors (Lipinski definition) is 8. The molecule has 0 saturated carbocycles. The van der Waals surface area contributed by atoms with E-state index in [0.29, 0.717) is 35.7 Å². The minimum atomic E-state index is -0.733. The molecule has 9 heteroatoms. The number of aryl methyl sites for hydroxylation is 1. The molecule has 1 aromatic carbocycles. The number of aliphatic hydroxyl groups is 1. The van der Waals surface area contributed by atoms with E-state index in [4.69, 9.17) is 10.00 Å². The van der Waals surface area contributed by atoms with E-state index in [1.807, 2.05) is 13.8 Å². The van der Waals surface area contributed by atoms with Gasteiger partial charge in [-0.3, -0.25) is 0 Å². The summed E-state index contributed by atoms with van der Waals surface area (Å²) in [5.41, 5.74) is 5.06. The lowest BCUT2D eigenvalue weighted by Crippen LogP contribution is -2.22. The maximum absolute atomic E-state index is 11.7. The van der Waals surface area contributed by atoms with Crippen LogP contribution < -0.4 is 5.32 Å². The van der Waals surface area contributed by atoms with Crippen LogP contribution in [0, 0.1) is 25.2 Å². The first-order valence-corrected chi connectivity index (χ1v) is 9.44. The van der Waals surface area contributed by atoms with Gasteiger partial charge in [0.15, 0.2) is 5.82 Å². The van der Waals surface area contributed by atoms with Crippen molar-refractivity contribution in [2.75, 3.05) is 6.54 Å². The lowest BCUT2D eigenvalue weighted by Gasteiger charge is -2.16. The summed E-state index contributed by atoms with van der Waals surface area (Å²) >= 11 is 0. The van der Waals surface area contributed by atoms with Gasteiger partial charge in [-0.25, -0.2) is 9.78 Å². The molecule has 0 unspecified atom stereocenters. The van der Waals surface area contributed by atoms with E-state index in [1.165, 1.54) is 11.0 Å². The number of benzene rings is 1. The maximum Gasteiger partial charge on any atom is 0.338 e. The van der Waals surface area contributed by atoms with Crippen molar-refractivity contribution in [3.63, 3.8) is 0 Å². The van der Waals surface area contributed by atoms with Gasteiger partial charge in [0, 0.05) is 24.8 Å². The second kappa shape index (κ2) is 8.02. The van der Waals surface area contributed by atoms with E-state index in [1.54, 1.807) is 24.4 Å². The number of carbonyl (C=O) groups excluding carboxylic acids is 1. The largest absolute Gasteiger partial charge is 0.457 e. The molecule has 0 radical (unpaired) electrons. The highest BCUT2D eigenvalue weighted by atomic mass is 16.5. The molecule has 0 amide bonds. The third kappa shape index (κ3) is 3.66. The summed E-state index contributed by atoms with van der Waals surface area (Å²) in [6, 6.07) is 7.30. The average molecular weight is 404 g/mol. The highest BCUT2D eigenvalue weighted by Crippen LogP contribution is 2.28. The Morgan fingerprint density at radius 2 is 2.20 bits per heavy atom.